The van der Waals surface area contributed by atoms with Crippen LogP contribution in [0.1, 0.15) is 38.1 Å². The quantitative estimate of drug-likeness (QED) is 0.904. The molecule has 1 unspecified atom stereocenters. The number of carbonyl (C=O) groups is 1. The molecular weight excluding hydrogens is 280 g/mol. The molecule has 22 heavy (non-hydrogen) atoms. The fraction of sp³-hybridized carbons (Fsp3) is 0.600. The summed E-state index contributed by atoms with van der Waals surface area (Å²) in [5, 5.41) is 5.23. The molecule has 2 aromatic rings. The summed E-state index contributed by atoms with van der Waals surface area (Å²) >= 11 is 0. The maximum Gasteiger partial charge on any atom is 0.225 e. The van der Waals surface area contributed by atoms with Crippen molar-refractivity contribution < 1.29 is 4.79 Å². The second-order valence-electron chi connectivity index (χ2n) is 6.29. The van der Waals surface area contributed by atoms with E-state index in [0.717, 1.165) is 49.8 Å². The number of aromatic nitrogens is 4. The Bertz CT molecular complexity index is 707. The molecule has 1 amide bonds. The first-order valence-corrected chi connectivity index (χ1v) is 7.96. The standard InChI is InChI=1S/C15H20N6O/c16-13-12-7-19-21(14(12)18-9-17-13)11-5-2-6-20(8-11)15(22)10-3-1-4-10/h7,9-11H,1-6,8H2,(H2,16,17,18). The van der Waals surface area contributed by atoms with Crippen LogP contribution < -0.4 is 5.73 Å². The van der Waals surface area contributed by atoms with Crippen LogP contribution in [0.25, 0.3) is 11.0 Å². The Morgan fingerprint density at radius 3 is 2.86 bits per heavy atom. The van der Waals surface area contributed by atoms with Gasteiger partial charge in [0.25, 0.3) is 0 Å². The smallest absolute Gasteiger partial charge is 0.225 e. The zero-order valence-electron chi connectivity index (χ0n) is 12.5. The van der Waals surface area contributed by atoms with Crippen LogP contribution in [0.15, 0.2) is 12.5 Å². The lowest BCUT2D eigenvalue weighted by Crippen LogP contribution is -2.45. The average Bonchev–Trinajstić information content (AvgIpc) is 2.91. The Labute approximate surface area is 128 Å². The zero-order chi connectivity index (χ0) is 15.1. The van der Waals surface area contributed by atoms with Gasteiger partial charge in [0.2, 0.25) is 5.91 Å². The highest BCUT2D eigenvalue weighted by Gasteiger charge is 2.33. The third-order valence-electron chi connectivity index (χ3n) is 4.93. The Hall–Kier alpha value is -2.18. The van der Waals surface area contributed by atoms with Crippen molar-refractivity contribution in [1.82, 2.24) is 24.6 Å². The minimum Gasteiger partial charge on any atom is -0.383 e. The molecule has 3 heterocycles. The first-order valence-electron chi connectivity index (χ1n) is 7.96. The molecule has 116 valence electrons. The zero-order valence-corrected chi connectivity index (χ0v) is 12.5. The van der Waals surface area contributed by atoms with Crippen molar-refractivity contribution in [3.05, 3.63) is 12.5 Å². The number of nitrogen functional groups attached to an aromatic ring is 1. The van der Waals surface area contributed by atoms with Crippen LogP contribution in [0.5, 0.6) is 0 Å². The van der Waals surface area contributed by atoms with Crippen LogP contribution in [-0.4, -0.2) is 43.6 Å². The van der Waals surface area contributed by atoms with Crippen LogP contribution in [0.4, 0.5) is 5.82 Å². The van der Waals surface area contributed by atoms with Gasteiger partial charge in [-0.25, -0.2) is 14.6 Å². The van der Waals surface area contributed by atoms with E-state index in [1.165, 1.54) is 12.7 Å². The largest absolute Gasteiger partial charge is 0.383 e. The number of nitrogens with two attached hydrogens (primary N) is 1. The highest BCUT2D eigenvalue weighted by atomic mass is 16.2. The minimum atomic E-state index is 0.171. The van der Waals surface area contributed by atoms with Gasteiger partial charge in [0.1, 0.15) is 12.1 Å². The molecule has 1 saturated heterocycles. The number of likely N-dealkylation sites (tertiary alicyclic amines) is 1. The van der Waals surface area contributed by atoms with Gasteiger partial charge in [0.15, 0.2) is 5.65 Å². The summed E-state index contributed by atoms with van der Waals surface area (Å²) in [7, 11) is 0. The topological polar surface area (TPSA) is 89.9 Å². The fourth-order valence-corrected chi connectivity index (χ4v) is 3.42. The molecule has 2 aromatic heterocycles. The Morgan fingerprint density at radius 2 is 2.09 bits per heavy atom. The number of rotatable bonds is 2. The first kappa shape index (κ1) is 13.5. The van der Waals surface area contributed by atoms with E-state index in [0.29, 0.717) is 11.7 Å². The molecule has 4 rings (SSSR count). The van der Waals surface area contributed by atoms with E-state index in [9.17, 15) is 4.79 Å². The number of carbonyl (C=O) groups excluding carboxylic acids is 1. The third-order valence-corrected chi connectivity index (χ3v) is 4.93. The lowest BCUT2D eigenvalue weighted by atomic mass is 9.84. The van der Waals surface area contributed by atoms with Crippen molar-refractivity contribution in [3.8, 4) is 0 Å². The molecule has 1 atom stereocenters. The molecule has 7 nitrogen and oxygen atoms in total. The number of fused-ring (bicyclic) bond motifs is 1. The predicted molar refractivity (Wildman–Crippen MR) is 81.9 cm³/mol. The van der Waals surface area contributed by atoms with E-state index in [4.69, 9.17) is 5.73 Å². The number of amides is 1. The van der Waals surface area contributed by atoms with E-state index in [1.807, 2.05) is 9.58 Å². The Kier molecular flexibility index (Phi) is 3.20. The second kappa shape index (κ2) is 5.23. The maximum absolute atomic E-state index is 12.5. The van der Waals surface area contributed by atoms with E-state index in [-0.39, 0.29) is 12.0 Å². The normalized spacial score (nSPS) is 22.7. The first-order chi connectivity index (χ1) is 10.7. The number of anilines is 1. The van der Waals surface area contributed by atoms with Gasteiger partial charge in [-0.1, -0.05) is 6.42 Å². The Balaban J connectivity index is 1.58. The van der Waals surface area contributed by atoms with E-state index >= 15 is 0 Å². The number of piperidine rings is 1. The van der Waals surface area contributed by atoms with Crippen molar-refractivity contribution in [2.45, 2.75) is 38.1 Å². The molecule has 0 aromatic carbocycles. The van der Waals surface area contributed by atoms with Crippen LogP contribution in [-0.2, 0) is 4.79 Å². The molecular formula is C15H20N6O. The molecule has 1 aliphatic heterocycles. The molecule has 0 spiro atoms. The lowest BCUT2D eigenvalue weighted by molar-refractivity contribution is -0.139. The van der Waals surface area contributed by atoms with Gasteiger partial charge in [-0.2, -0.15) is 5.10 Å². The summed E-state index contributed by atoms with van der Waals surface area (Å²) in [4.78, 5) is 22.8. The van der Waals surface area contributed by atoms with Crippen molar-refractivity contribution in [3.63, 3.8) is 0 Å². The summed E-state index contributed by atoms with van der Waals surface area (Å²) in [5.41, 5.74) is 6.63. The van der Waals surface area contributed by atoms with Gasteiger partial charge in [-0.3, -0.25) is 4.79 Å². The molecule has 1 saturated carbocycles. The highest BCUT2D eigenvalue weighted by molar-refractivity contribution is 5.84. The van der Waals surface area contributed by atoms with Crippen LogP contribution >= 0.6 is 0 Å². The summed E-state index contributed by atoms with van der Waals surface area (Å²) in [5.74, 6) is 1.03. The number of hydrogen-bond donors (Lipinski definition) is 1. The number of hydrogen-bond acceptors (Lipinski definition) is 5. The monoisotopic (exact) mass is 300 g/mol. The average molecular weight is 300 g/mol. The van der Waals surface area contributed by atoms with Gasteiger partial charge in [0, 0.05) is 19.0 Å². The van der Waals surface area contributed by atoms with E-state index in [2.05, 4.69) is 15.1 Å². The highest BCUT2D eigenvalue weighted by Crippen LogP contribution is 2.31. The van der Waals surface area contributed by atoms with Gasteiger partial charge in [-0.15, -0.1) is 0 Å². The van der Waals surface area contributed by atoms with Crippen molar-refractivity contribution in [2.24, 2.45) is 5.92 Å². The minimum absolute atomic E-state index is 0.171. The predicted octanol–water partition coefficient (Wildman–Crippen LogP) is 1.37. The third kappa shape index (κ3) is 2.12. The van der Waals surface area contributed by atoms with Crippen molar-refractivity contribution in [1.29, 1.82) is 0 Å². The second-order valence-corrected chi connectivity index (χ2v) is 6.29. The van der Waals surface area contributed by atoms with Crippen LogP contribution in [0.3, 0.4) is 0 Å². The van der Waals surface area contributed by atoms with E-state index < -0.39 is 0 Å². The fourth-order valence-electron chi connectivity index (χ4n) is 3.42. The van der Waals surface area contributed by atoms with Crippen LogP contribution in [0.2, 0.25) is 0 Å². The molecule has 2 aliphatic rings. The van der Waals surface area contributed by atoms with Crippen LogP contribution in [0, 0.1) is 5.92 Å². The molecule has 0 bridgehead atoms. The summed E-state index contributed by atoms with van der Waals surface area (Å²) in [6, 6.07) is 0.171. The van der Waals surface area contributed by atoms with E-state index in [1.54, 1.807) is 6.20 Å². The van der Waals surface area contributed by atoms with Gasteiger partial charge in [0.05, 0.1) is 17.6 Å². The lowest BCUT2D eigenvalue weighted by Gasteiger charge is -2.37. The van der Waals surface area contributed by atoms with Gasteiger partial charge in [-0.05, 0) is 25.7 Å². The SMILES string of the molecule is Nc1ncnc2c1cnn2C1CCCN(C(=O)C2CCC2)C1. The van der Waals surface area contributed by atoms with Gasteiger partial charge < -0.3 is 10.6 Å². The summed E-state index contributed by atoms with van der Waals surface area (Å²) in [6.45, 7) is 1.58. The maximum atomic E-state index is 12.5. The van der Waals surface area contributed by atoms with Crippen molar-refractivity contribution in [2.75, 3.05) is 18.8 Å². The molecule has 2 fully saturated rings. The summed E-state index contributed by atoms with van der Waals surface area (Å²) in [6.07, 6.45) is 8.49. The van der Waals surface area contributed by atoms with Crippen molar-refractivity contribution >= 4 is 22.8 Å². The molecule has 2 N–H and O–H groups in total. The van der Waals surface area contributed by atoms with Gasteiger partial charge >= 0.3 is 0 Å². The summed E-state index contributed by atoms with van der Waals surface area (Å²) < 4.78 is 1.91. The molecule has 1 aliphatic carbocycles. The number of nitrogens with zero attached hydrogens (tertiary/aromatic N) is 5. The molecule has 0 radical (unpaired) electrons. The Morgan fingerprint density at radius 1 is 1.23 bits per heavy atom. The molecule has 7 heteroatoms.